The summed E-state index contributed by atoms with van der Waals surface area (Å²) in [4.78, 5) is 10.3. The second-order valence-electron chi connectivity index (χ2n) is 1.87. The monoisotopic (exact) mass is 144 g/mol. The zero-order valence-corrected chi connectivity index (χ0v) is 5.88. The fourth-order valence-electron chi connectivity index (χ4n) is 0.662. The molecule has 3 nitrogen and oxygen atoms in total. The minimum Gasteiger partial charge on any atom is -0.465 e. The lowest BCUT2D eigenvalue weighted by molar-refractivity contribution is -0.151. The Bertz CT molecular complexity index is 111. The van der Waals surface area contributed by atoms with Crippen molar-refractivity contribution in [2.75, 3.05) is 6.61 Å². The summed E-state index contributed by atoms with van der Waals surface area (Å²) in [5, 5.41) is 8.78. The number of aliphatic hydroxyl groups excluding tert-OH is 1. The van der Waals surface area contributed by atoms with Crippen molar-refractivity contribution in [3.05, 3.63) is 13.2 Å². The predicted octanol–water partition coefficient (Wildman–Crippen LogP) is 0.486. The maximum atomic E-state index is 10.3. The van der Waals surface area contributed by atoms with E-state index in [-0.39, 0.29) is 12.4 Å². The maximum Gasteiger partial charge on any atom is 0.308 e. The predicted molar refractivity (Wildman–Crippen MR) is 37.5 cm³/mol. The molecule has 0 aliphatic carbocycles. The van der Waals surface area contributed by atoms with Gasteiger partial charge in [-0.15, -0.1) is 13.2 Å². The molecule has 1 aliphatic rings. The molecule has 58 valence electrons. The van der Waals surface area contributed by atoms with E-state index in [4.69, 9.17) is 5.11 Å². The van der Waals surface area contributed by atoms with Gasteiger partial charge in [-0.25, -0.2) is 0 Å². The highest BCUT2D eigenvalue weighted by molar-refractivity contribution is 5.70. The van der Waals surface area contributed by atoms with E-state index in [1.807, 2.05) is 0 Å². The van der Waals surface area contributed by atoms with Crippen molar-refractivity contribution >= 4 is 5.97 Å². The Morgan fingerprint density at radius 1 is 1.60 bits per heavy atom. The number of carbonyl (C=O) groups is 1. The third kappa shape index (κ3) is 3.25. The minimum atomic E-state index is -0.462. The molecular weight excluding hydrogens is 132 g/mol. The lowest BCUT2D eigenvalue weighted by Gasteiger charge is -2.15. The molecule has 1 unspecified atom stereocenters. The molecule has 10 heavy (non-hydrogen) atoms. The van der Waals surface area contributed by atoms with Gasteiger partial charge in [0.25, 0.3) is 0 Å². The molecule has 0 spiro atoms. The van der Waals surface area contributed by atoms with Gasteiger partial charge in [0.1, 0.15) is 0 Å². The highest BCUT2D eigenvalue weighted by Crippen LogP contribution is 2.05. The number of esters is 1. The van der Waals surface area contributed by atoms with Crippen molar-refractivity contribution in [3.8, 4) is 0 Å². The van der Waals surface area contributed by atoms with Crippen LogP contribution in [-0.4, -0.2) is 23.8 Å². The molecule has 0 aromatic rings. The second-order valence-corrected chi connectivity index (χ2v) is 1.87. The van der Waals surface area contributed by atoms with Crippen molar-refractivity contribution in [2.24, 2.45) is 0 Å². The van der Waals surface area contributed by atoms with Crippen molar-refractivity contribution in [2.45, 2.75) is 18.9 Å². The van der Waals surface area contributed by atoms with Crippen LogP contribution in [0.3, 0.4) is 0 Å². The molecule has 1 rings (SSSR count). The molecule has 1 saturated heterocycles. The van der Waals surface area contributed by atoms with Gasteiger partial charge in [0.15, 0.2) is 0 Å². The number of ether oxygens (including phenoxy) is 1. The molecule has 0 radical (unpaired) electrons. The van der Waals surface area contributed by atoms with Crippen LogP contribution >= 0.6 is 0 Å². The summed E-state index contributed by atoms with van der Waals surface area (Å²) in [5.41, 5.74) is 0. The van der Waals surface area contributed by atoms with E-state index in [2.05, 4.69) is 17.9 Å². The molecule has 1 N–H and O–H groups in total. The van der Waals surface area contributed by atoms with Crippen LogP contribution in [-0.2, 0) is 9.53 Å². The number of aliphatic hydroxyl groups is 1. The van der Waals surface area contributed by atoms with Gasteiger partial charge >= 0.3 is 5.97 Å². The normalized spacial score (nSPS) is 24.1. The molecule has 0 bridgehead atoms. The Morgan fingerprint density at radius 2 is 2.20 bits per heavy atom. The Morgan fingerprint density at radius 3 is 2.50 bits per heavy atom. The summed E-state index contributed by atoms with van der Waals surface area (Å²) in [6.07, 6.45) is 0.294. The topological polar surface area (TPSA) is 46.5 Å². The Kier molecular flexibility index (Phi) is 4.58. The number of hydrogen-bond acceptors (Lipinski definition) is 3. The zero-order chi connectivity index (χ0) is 7.98. The molecule has 0 aromatic carbocycles. The first-order valence-electron chi connectivity index (χ1n) is 3.13. The van der Waals surface area contributed by atoms with Crippen molar-refractivity contribution in [3.63, 3.8) is 0 Å². The molecule has 1 fully saturated rings. The van der Waals surface area contributed by atoms with Crippen LogP contribution < -0.4 is 0 Å². The van der Waals surface area contributed by atoms with E-state index in [0.717, 1.165) is 0 Å². The van der Waals surface area contributed by atoms with Crippen LogP contribution in [0.4, 0.5) is 0 Å². The van der Waals surface area contributed by atoms with Crippen LogP contribution in [0.25, 0.3) is 0 Å². The Balaban J connectivity index is 0.000000371. The summed E-state index contributed by atoms with van der Waals surface area (Å²) in [6, 6.07) is 0. The number of cyclic esters (lactones) is 1. The second kappa shape index (κ2) is 4.99. The van der Waals surface area contributed by atoms with Gasteiger partial charge in [0.2, 0.25) is 0 Å². The van der Waals surface area contributed by atoms with E-state index in [1.165, 1.54) is 0 Å². The van der Waals surface area contributed by atoms with Crippen LogP contribution in [0.1, 0.15) is 12.8 Å². The lowest BCUT2D eigenvalue weighted by Crippen LogP contribution is -2.24. The van der Waals surface area contributed by atoms with Crippen LogP contribution in [0, 0.1) is 0 Å². The smallest absolute Gasteiger partial charge is 0.308 e. The van der Waals surface area contributed by atoms with Crippen molar-refractivity contribution < 1.29 is 14.6 Å². The summed E-state index contributed by atoms with van der Waals surface area (Å²) in [6.45, 7) is 6.38. The van der Waals surface area contributed by atoms with Crippen molar-refractivity contribution in [1.82, 2.24) is 0 Å². The average Bonchev–Trinajstić information content (AvgIpc) is 1.91. The first-order valence-corrected chi connectivity index (χ1v) is 3.13. The number of rotatable bonds is 0. The van der Waals surface area contributed by atoms with Gasteiger partial charge < -0.3 is 9.84 Å². The standard InChI is InChI=1S/C5H8O3.C2H4/c6-4-1-2-8-5(7)3-4;1-2/h4,6H,1-3H2;1-2H2. The van der Waals surface area contributed by atoms with Gasteiger partial charge in [-0.1, -0.05) is 0 Å². The van der Waals surface area contributed by atoms with Crippen molar-refractivity contribution in [1.29, 1.82) is 0 Å². The molecule has 1 atom stereocenters. The molecule has 0 aromatic heterocycles. The molecular formula is C7H12O3. The average molecular weight is 144 g/mol. The van der Waals surface area contributed by atoms with E-state index in [1.54, 1.807) is 0 Å². The van der Waals surface area contributed by atoms with Gasteiger partial charge in [0, 0.05) is 6.42 Å². The number of hydrogen-bond donors (Lipinski definition) is 1. The van der Waals surface area contributed by atoms with Gasteiger partial charge in [-0.3, -0.25) is 4.79 Å². The number of carbonyl (C=O) groups excluding carboxylic acids is 1. The van der Waals surface area contributed by atoms with E-state index in [9.17, 15) is 4.79 Å². The molecule has 1 heterocycles. The first kappa shape index (κ1) is 9.17. The lowest BCUT2D eigenvalue weighted by atomic mass is 10.2. The van der Waals surface area contributed by atoms with E-state index < -0.39 is 6.10 Å². The summed E-state index contributed by atoms with van der Waals surface area (Å²) >= 11 is 0. The fraction of sp³-hybridized carbons (Fsp3) is 0.571. The largest absolute Gasteiger partial charge is 0.465 e. The van der Waals surface area contributed by atoms with E-state index in [0.29, 0.717) is 13.0 Å². The van der Waals surface area contributed by atoms with Gasteiger partial charge in [-0.05, 0) is 0 Å². The third-order valence-corrected chi connectivity index (χ3v) is 1.12. The first-order chi connectivity index (χ1) is 4.79. The van der Waals surface area contributed by atoms with E-state index >= 15 is 0 Å². The Labute approximate surface area is 60.3 Å². The molecule has 3 heteroatoms. The summed E-state index contributed by atoms with van der Waals surface area (Å²) in [5.74, 6) is -0.288. The third-order valence-electron chi connectivity index (χ3n) is 1.12. The van der Waals surface area contributed by atoms with Crippen LogP contribution in [0.2, 0.25) is 0 Å². The quantitative estimate of drug-likeness (QED) is 0.397. The minimum absolute atomic E-state index is 0.167. The highest BCUT2D eigenvalue weighted by atomic mass is 16.5. The van der Waals surface area contributed by atoms with Crippen LogP contribution in [0.15, 0.2) is 13.2 Å². The molecule has 0 amide bonds. The Hall–Kier alpha value is -0.830. The zero-order valence-electron chi connectivity index (χ0n) is 5.88. The highest BCUT2D eigenvalue weighted by Gasteiger charge is 2.16. The molecule has 1 aliphatic heterocycles. The summed E-state index contributed by atoms with van der Waals surface area (Å²) < 4.78 is 4.55. The van der Waals surface area contributed by atoms with Gasteiger partial charge in [-0.2, -0.15) is 0 Å². The van der Waals surface area contributed by atoms with Crippen LogP contribution in [0.5, 0.6) is 0 Å². The SMILES string of the molecule is C=C.O=C1CC(O)CCO1. The maximum absolute atomic E-state index is 10.3. The fourth-order valence-corrected chi connectivity index (χ4v) is 0.662. The molecule has 0 saturated carbocycles. The summed E-state index contributed by atoms with van der Waals surface area (Å²) in [7, 11) is 0. The van der Waals surface area contributed by atoms with Gasteiger partial charge in [0.05, 0.1) is 19.1 Å².